The van der Waals surface area contributed by atoms with Gasteiger partial charge >= 0.3 is 0 Å². The summed E-state index contributed by atoms with van der Waals surface area (Å²) in [5, 5.41) is 13.0. The van der Waals surface area contributed by atoms with Crippen LogP contribution in [0.3, 0.4) is 0 Å². The van der Waals surface area contributed by atoms with Crippen LogP contribution in [0, 0.1) is 0 Å². The normalized spacial score (nSPS) is 25.9. The van der Waals surface area contributed by atoms with E-state index in [2.05, 4.69) is 33.2 Å². The van der Waals surface area contributed by atoms with Gasteiger partial charge in [0, 0.05) is 23.2 Å². The second kappa shape index (κ2) is 4.73. The molecule has 16 heavy (non-hydrogen) atoms. The lowest BCUT2D eigenvalue weighted by Crippen LogP contribution is -2.44. The minimum Gasteiger partial charge on any atom is -0.394 e. The van der Waals surface area contributed by atoms with Gasteiger partial charge in [-0.1, -0.05) is 15.9 Å². The molecule has 1 aromatic carbocycles. The molecule has 1 aromatic rings. The van der Waals surface area contributed by atoms with Crippen molar-refractivity contribution in [1.82, 2.24) is 4.90 Å². The number of benzene rings is 1. The van der Waals surface area contributed by atoms with Crippen LogP contribution in [0.4, 0.5) is 5.69 Å². The van der Waals surface area contributed by atoms with Crippen molar-refractivity contribution < 1.29 is 5.11 Å². The van der Waals surface area contributed by atoms with Gasteiger partial charge in [-0.3, -0.25) is 0 Å². The average molecular weight is 285 g/mol. The number of rotatable bonds is 3. The molecule has 1 unspecified atom stereocenters. The van der Waals surface area contributed by atoms with E-state index < -0.39 is 0 Å². The Labute approximate surface area is 105 Å². The number of likely N-dealkylation sites (N-methyl/N-ethyl adjacent to an activating group) is 1. The van der Waals surface area contributed by atoms with Crippen LogP contribution in [0.2, 0.25) is 0 Å². The summed E-state index contributed by atoms with van der Waals surface area (Å²) in [4.78, 5) is 2.24. The highest BCUT2D eigenvalue weighted by atomic mass is 79.9. The summed E-state index contributed by atoms with van der Waals surface area (Å²) in [6, 6.07) is 8.07. The van der Waals surface area contributed by atoms with Gasteiger partial charge in [0.1, 0.15) is 0 Å². The third-order valence-corrected chi connectivity index (χ3v) is 3.63. The number of nitrogens with one attached hydrogen (secondary N) is 1. The SMILES string of the molecule is CN1CCC(CO)(Nc2ccc(Br)cc2)C1. The van der Waals surface area contributed by atoms with E-state index in [1.807, 2.05) is 24.3 Å². The van der Waals surface area contributed by atoms with Gasteiger partial charge in [-0.25, -0.2) is 0 Å². The molecule has 0 amide bonds. The number of likely N-dealkylation sites (tertiary alicyclic amines) is 1. The van der Waals surface area contributed by atoms with Crippen molar-refractivity contribution in [2.75, 3.05) is 32.1 Å². The Morgan fingerprint density at radius 3 is 2.62 bits per heavy atom. The second-order valence-corrected chi connectivity index (χ2v) is 5.47. The number of aliphatic hydroxyl groups is 1. The topological polar surface area (TPSA) is 35.5 Å². The summed E-state index contributed by atoms with van der Waals surface area (Å²) < 4.78 is 1.07. The smallest absolute Gasteiger partial charge is 0.0742 e. The zero-order valence-electron chi connectivity index (χ0n) is 9.41. The number of hydrogen-bond acceptors (Lipinski definition) is 3. The van der Waals surface area contributed by atoms with E-state index in [0.29, 0.717) is 0 Å². The van der Waals surface area contributed by atoms with Crippen molar-refractivity contribution in [2.45, 2.75) is 12.0 Å². The van der Waals surface area contributed by atoms with Crippen LogP contribution in [0.1, 0.15) is 6.42 Å². The van der Waals surface area contributed by atoms with E-state index in [-0.39, 0.29) is 12.1 Å². The Balaban J connectivity index is 2.10. The molecule has 0 aliphatic carbocycles. The lowest BCUT2D eigenvalue weighted by atomic mass is 9.99. The van der Waals surface area contributed by atoms with E-state index in [9.17, 15) is 5.11 Å². The molecule has 4 heteroatoms. The van der Waals surface area contributed by atoms with Crippen molar-refractivity contribution in [1.29, 1.82) is 0 Å². The molecule has 1 saturated heterocycles. The molecule has 2 N–H and O–H groups in total. The first kappa shape index (κ1) is 11.9. The minimum atomic E-state index is -0.178. The molecular weight excluding hydrogens is 268 g/mol. The largest absolute Gasteiger partial charge is 0.394 e. The quantitative estimate of drug-likeness (QED) is 0.890. The van der Waals surface area contributed by atoms with Crippen molar-refractivity contribution in [3.05, 3.63) is 28.7 Å². The first-order valence-corrected chi connectivity index (χ1v) is 6.26. The summed E-state index contributed by atoms with van der Waals surface area (Å²) in [6.07, 6.45) is 0.982. The number of hydrogen-bond donors (Lipinski definition) is 2. The monoisotopic (exact) mass is 284 g/mol. The van der Waals surface area contributed by atoms with Gasteiger partial charge < -0.3 is 15.3 Å². The number of halogens is 1. The standard InChI is InChI=1S/C12H17BrN2O/c1-15-7-6-12(8-15,9-16)14-11-4-2-10(13)3-5-11/h2-5,14,16H,6-9H2,1H3. The highest BCUT2D eigenvalue weighted by molar-refractivity contribution is 9.10. The first-order chi connectivity index (χ1) is 7.63. The summed E-state index contributed by atoms with van der Waals surface area (Å²) in [5.74, 6) is 0. The molecule has 0 bridgehead atoms. The Hall–Kier alpha value is -0.580. The first-order valence-electron chi connectivity index (χ1n) is 5.47. The predicted octanol–water partition coefficient (Wildman–Crippen LogP) is 1.93. The van der Waals surface area contributed by atoms with Crippen LogP contribution in [0.25, 0.3) is 0 Å². The molecule has 3 nitrogen and oxygen atoms in total. The third kappa shape index (κ3) is 2.56. The van der Waals surface area contributed by atoms with Gasteiger partial charge in [0.15, 0.2) is 0 Å². The predicted molar refractivity (Wildman–Crippen MR) is 69.7 cm³/mol. The zero-order valence-corrected chi connectivity index (χ0v) is 11.0. The summed E-state index contributed by atoms with van der Waals surface area (Å²) in [5.41, 5.74) is 0.885. The lowest BCUT2D eigenvalue weighted by Gasteiger charge is -2.29. The molecule has 1 aliphatic rings. The van der Waals surface area contributed by atoms with Crippen molar-refractivity contribution >= 4 is 21.6 Å². The van der Waals surface area contributed by atoms with Gasteiger partial charge in [-0.15, -0.1) is 0 Å². The van der Waals surface area contributed by atoms with Crippen molar-refractivity contribution in [2.24, 2.45) is 0 Å². The summed E-state index contributed by atoms with van der Waals surface area (Å²) in [6.45, 7) is 2.09. The fourth-order valence-corrected chi connectivity index (χ4v) is 2.45. The highest BCUT2D eigenvalue weighted by Gasteiger charge is 2.35. The molecule has 0 spiro atoms. The Morgan fingerprint density at radius 1 is 1.44 bits per heavy atom. The number of aliphatic hydroxyl groups excluding tert-OH is 1. The van der Waals surface area contributed by atoms with E-state index in [1.165, 1.54) is 0 Å². The Kier molecular flexibility index (Phi) is 3.52. The fraction of sp³-hybridized carbons (Fsp3) is 0.500. The molecule has 1 fully saturated rings. The summed E-state index contributed by atoms with van der Waals surface area (Å²) >= 11 is 3.41. The second-order valence-electron chi connectivity index (χ2n) is 4.56. The van der Waals surface area contributed by atoms with E-state index >= 15 is 0 Å². The molecule has 88 valence electrons. The fourth-order valence-electron chi connectivity index (χ4n) is 2.19. The van der Waals surface area contributed by atoms with E-state index in [1.54, 1.807) is 0 Å². The van der Waals surface area contributed by atoms with Crippen molar-refractivity contribution in [3.63, 3.8) is 0 Å². The molecule has 1 aliphatic heterocycles. The molecule has 1 atom stereocenters. The van der Waals surface area contributed by atoms with Crippen LogP contribution >= 0.6 is 15.9 Å². The van der Waals surface area contributed by atoms with Gasteiger partial charge in [-0.05, 0) is 37.7 Å². The van der Waals surface area contributed by atoms with Crippen LogP contribution in [0.5, 0.6) is 0 Å². The molecule has 0 aromatic heterocycles. The molecular formula is C12H17BrN2O. The van der Waals surface area contributed by atoms with E-state index in [4.69, 9.17) is 0 Å². The Morgan fingerprint density at radius 2 is 2.12 bits per heavy atom. The van der Waals surface area contributed by atoms with Gasteiger partial charge in [-0.2, -0.15) is 0 Å². The molecule has 1 heterocycles. The Bertz CT molecular complexity index is 355. The van der Waals surface area contributed by atoms with E-state index in [0.717, 1.165) is 29.7 Å². The highest BCUT2D eigenvalue weighted by Crippen LogP contribution is 2.25. The van der Waals surface area contributed by atoms with Gasteiger partial charge in [0.05, 0.1) is 12.1 Å². The maximum absolute atomic E-state index is 9.55. The summed E-state index contributed by atoms with van der Waals surface area (Å²) in [7, 11) is 2.08. The number of nitrogens with zero attached hydrogens (tertiary/aromatic N) is 1. The zero-order chi connectivity index (χ0) is 11.6. The molecule has 2 rings (SSSR count). The molecule has 0 radical (unpaired) electrons. The minimum absolute atomic E-state index is 0.174. The van der Waals surface area contributed by atoms with Crippen molar-refractivity contribution in [3.8, 4) is 0 Å². The molecule has 0 saturated carbocycles. The van der Waals surface area contributed by atoms with Crippen LogP contribution in [-0.2, 0) is 0 Å². The lowest BCUT2D eigenvalue weighted by molar-refractivity contribution is 0.212. The maximum Gasteiger partial charge on any atom is 0.0742 e. The van der Waals surface area contributed by atoms with Crippen LogP contribution in [0.15, 0.2) is 28.7 Å². The number of anilines is 1. The van der Waals surface area contributed by atoms with Gasteiger partial charge in [0.2, 0.25) is 0 Å². The van der Waals surface area contributed by atoms with Crippen LogP contribution in [-0.4, -0.2) is 42.3 Å². The third-order valence-electron chi connectivity index (χ3n) is 3.10. The average Bonchev–Trinajstić information content (AvgIpc) is 2.64. The van der Waals surface area contributed by atoms with Crippen LogP contribution < -0.4 is 5.32 Å². The van der Waals surface area contributed by atoms with Gasteiger partial charge in [0.25, 0.3) is 0 Å². The maximum atomic E-state index is 9.55.